The van der Waals surface area contributed by atoms with Crippen molar-refractivity contribution in [1.29, 1.82) is 0 Å². The number of azo groups is 1. The van der Waals surface area contributed by atoms with Crippen LogP contribution in [0.1, 0.15) is 5.56 Å². The van der Waals surface area contributed by atoms with Crippen LogP contribution in [-0.4, -0.2) is 36.6 Å². The van der Waals surface area contributed by atoms with Crippen LogP contribution in [0.4, 0.5) is 17.1 Å². The molecule has 0 saturated heterocycles. The minimum Gasteiger partial charge on any atom is -0.872 e. The average Bonchev–Trinajstić information content (AvgIpc) is 2.97. The average molecular weight is 712 g/mol. The molecule has 5 rings (SSSR count). The molecule has 0 spiro atoms. The fraction of sp³-hybridized carbons (Fsp3) is 0.0345. The first-order valence-electron chi connectivity index (χ1n) is 12.3. The standard InChI is InChI=1S/C20H13N3O7S.C9H9NO3.Cr.2Na/c24-16-8-5-11-3-1-2-4-13(11)19(16)21-22-20-14-7-6-12(23(26)27)9-15(14)18(10-17(20)25)31(28,29)30;11-8-4-2-1-3-7(8)5-10-6-9(12)13;;;/h1-10,24-25H,(H,28,29,30);1-5,11H,6H2,(H,12,13);;;/q;;+3;2*+1/p-5. The van der Waals surface area contributed by atoms with Crippen LogP contribution in [0.3, 0.4) is 0 Å². The normalized spacial score (nSPS) is 10.8. The Kier molecular flexibility index (Phi) is 16.1. The van der Waals surface area contributed by atoms with E-state index >= 15 is 0 Å². The van der Waals surface area contributed by atoms with Crippen molar-refractivity contribution in [1.82, 2.24) is 0 Å². The first-order chi connectivity index (χ1) is 20.9. The number of hydrogen-bond donors (Lipinski definition) is 0. The first kappa shape index (κ1) is 41.6. The molecule has 0 bridgehead atoms. The van der Waals surface area contributed by atoms with Crippen molar-refractivity contribution >= 4 is 60.9 Å². The fourth-order valence-corrected chi connectivity index (χ4v) is 4.70. The van der Waals surface area contributed by atoms with E-state index in [9.17, 15) is 48.3 Å². The van der Waals surface area contributed by atoms with Crippen LogP contribution in [0.2, 0.25) is 0 Å². The number of aliphatic carboxylic acids is 1. The third-order valence-corrected chi connectivity index (χ3v) is 6.86. The number of carbonyl (C=O) groups is 1. The van der Waals surface area contributed by atoms with Crippen molar-refractivity contribution in [2.45, 2.75) is 4.90 Å². The molecule has 0 heterocycles. The smallest absolute Gasteiger partial charge is 0.872 e. The molecule has 5 aromatic rings. The summed E-state index contributed by atoms with van der Waals surface area (Å²) in [6.45, 7) is -0.422. The van der Waals surface area contributed by atoms with Crippen LogP contribution in [0.15, 0.2) is 105 Å². The van der Waals surface area contributed by atoms with Crippen molar-refractivity contribution in [2.24, 2.45) is 15.2 Å². The molecular formula is C29H17CrN4Na2O10S. The molecule has 14 nitrogen and oxygen atoms in total. The fourth-order valence-electron chi connectivity index (χ4n) is 4.01. The van der Waals surface area contributed by atoms with Gasteiger partial charge in [0.05, 0.1) is 33.7 Å². The van der Waals surface area contributed by atoms with Gasteiger partial charge in [-0.25, -0.2) is 8.42 Å². The Balaban J connectivity index is 0.000000589. The van der Waals surface area contributed by atoms with E-state index in [0.29, 0.717) is 22.4 Å². The second kappa shape index (κ2) is 18.2. The minimum absolute atomic E-state index is 0. The second-order valence-corrected chi connectivity index (χ2v) is 10.2. The molecule has 18 heteroatoms. The number of aliphatic imine (C=N–C) groups is 1. The van der Waals surface area contributed by atoms with E-state index in [1.807, 2.05) is 0 Å². The number of carboxylic acid groups (broad SMARTS) is 1. The summed E-state index contributed by atoms with van der Waals surface area (Å²) in [6.07, 6.45) is 1.23. The van der Waals surface area contributed by atoms with Crippen molar-refractivity contribution < 1.29 is 120 Å². The molecule has 47 heavy (non-hydrogen) atoms. The summed E-state index contributed by atoms with van der Waals surface area (Å²) in [6, 6.07) is 19.6. The summed E-state index contributed by atoms with van der Waals surface area (Å²) in [4.78, 5) is 22.9. The van der Waals surface area contributed by atoms with Gasteiger partial charge in [0.15, 0.2) is 0 Å². The zero-order chi connectivity index (χ0) is 32.0. The summed E-state index contributed by atoms with van der Waals surface area (Å²) in [5, 5.41) is 65.4. The third-order valence-electron chi connectivity index (χ3n) is 5.98. The molecule has 0 N–H and O–H groups in total. The van der Waals surface area contributed by atoms with Gasteiger partial charge in [-0.3, -0.25) is 15.1 Å². The monoisotopic (exact) mass is 711 g/mol. The maximum atomic E-state index is 12.5. The van der Waals surface area contributed by atoms with Crippen LogP contribution in [0.25, 0.3) is 21.5 Å². The Labute approximate surface area is 322 Å². The van der Waals surface area contributed by atoms with Gasteiger partial charge >= 0.3 is 76.5 Å². The summed E-state index contributed by atoms with van der Waals surface area (Å²) in [5.41, 5.74) is -0.490. The van der Waals surface area contributed by atoms with Gasteiger partial charge in [-0.1, -0.05) is 72.2 Å². The van der Waals surface area contributed by atoms with Gasteiger partial charge in [-0.2, -0.15) is 10.2 Å². The molecule has 0 atom stereocenters. The van der Waals surface area contributed by atoms with Gasteiger partial charge in [-0.05, 0) is 23.1 Å². The predicted octanol–water partition coefficient (Wildman–Crippen LogP) is -3.70. The van der Waals surface area contributed by atoms with Crippen LogP contribution < -0.4 is 79.5 Å². The summed E-state index contributed by atoms with van der Waals surface area (Å²) in [7, 11) is -5.11. The molecule has 0 aromatic heterocycles. The number of rotatable bonds is 7. The number of para-hydroxylation sites is 1. The number of non-ortho nitro benzene ring substituents is 1. The number of carbonyl (C=O) groups excluding carboxylic acids is 1. The van der Waals surface area contributed by atoms with Crippen molar-refractivity contribution in [3.8, 4) is 17.2 Å². The van der Waals surface area contributed by atoms with Gasteiger partial charge in [-0.15, -0.1) is 5.75 Å². The molecule has 0 amide bonds. The summed E-state index contributed by atoms with van der Waals surface area (Å²) in [5.74, 6) is -2.83. The van der Waals surface area contributed by atoms with E-state index in [0.717, 1.165) is 18.2 Å². The number of nitro benzene ring substituents is 1. The van der Waals surface area contributed by atoms with E-state index < -0.39 is 49.6 Å². The van der Waals surface area contributed by atoms with E-state index in [2.05, 4.69) is 15.2 Å². The van der Waals surface area contributed by atoms with Gasteiger partial charge in [0.1, 0.15) is 10.1 Å². The minimum atomic E-state index is -5.11. The summed E-state index contributed by atoms with van der Waals surface area (Å²) < 4.78 is 34.8. The Morgan fingerprint density at radius 2 is 1.38 bits per heavy atom. The molecule has 0 saturated carbocycles. The van der Waals surface area contributed by atoms with E-state index in [4.69, 9.17) is 0 Å². The maximum absolute atomic E-state index is 12.5. The van der Waals surface area contributed by atoms with Gasteiger partial charge < -0.3 is 29.8 Å². The van der Waals surface area contributed by atoms with E-state index in [1.54, 1.807) is 48.5 Å². The SMILES string of the molecule is O=C([O-])CN=Cc1ccccc1[O-].O=[N+]([O-])c1ccc2c(N=Nc3c([O-])ccc4ccccc34)c([O-])cc(S(=O)(=O)[O-])c2c1.[Cr+3].[Na+].[Na+]. The molecule has 5 aromatic carbocycles. The van der Waals surface area contributed by atoms with Crippen molar-refractivity contribution in [3.63, 3.8) is 0 Å². The molecule has 0 fully saturated rings. The van der Waals surface area contributed by atoms with E-state index in [-0.39, 0.29) is 104 Å². The van der Waals surface area contributed by atoms with Gasteiger partial charge in [0, 0.05) is 34.5 Å². The number of fused-ring (bicyclic) bond motifs is 2. The second-order valence-electron chi connectivity index (χ2n) is 8.88. The number of hydrogen-bond acceptors (Lipinski definition) is 13. The zero-order valence-electron chi connectivity index (χ0n) is 24.6. The molecule has 227 valence electrons. The zero-order valence-corrected chi connectivity index (χ0v) is 30.6. The third kappa shape index (κ3) is 10.5. The Morgan fingerprint density at radius 1 is 0.766 bits per heavy atom. The number of benzene rings is 5. The molecule has 0 aliphatic rings. The predicted molar refractivity (Wildman–Crippen MR) is 149 cm³/mol. The number of carboxylic acids is 1. The molecule has 1 radical (unpaired) electrons. The summed E-state index contributed by atoms with van der Waals surface area (Å²) >= 11 is 0. The number of nitro groups is 1. The van der Waals surface area contributed by atoms with Crippen LogP contribution in [0, 0.1) is 10.1 Å². The number of nitrogens with zero attached hydrogens (tertiary/aromatic N) is 4. The quantitative estimate of drug-likeness (QED) is 0.0399. The largest absolute Gasteiger partial charge is 3.00 e. The van der Waals surface area contributed by atoms with Crippen LogP contribution in [0.5, 0.6) is 17.2 Å². The van der Waals surface area contributed by atoms with Gasteiger partial charge in [0.2, 0.25) is 0 Å². The van der Waals surface area contributed by atoms with Crippen molar-refractivity contribution in [3.05, 3.63) is 101 Å². The van der Waals surface area contributed by atoms with E-state index in [1.165, 1.54) is 18.3 Å². The molecule has 0 unspecified atom stereocenters. The Morgan fingerprint density at radius 3 is 2.00 bits per heavy atom. The molecule has 0 aliphatic carbocycles. The topological polar surface area (TPSA) is 247 Å². The molecular weight excluding hydrogens is 694 g/mol. The first-order valence-corrected chi connectivity index (χ1v) is 13.7. The van der Waals surface area contributed by atoms with Crippen LogP contribution in [-0.2, 0) is 32.3 Å². The van der Waals surface area contributed by atoms with Crippen molar-refractivity contribution in [2.75, 3.05) is 6.54 Å². The Bertz CT molecular complexity index is 2100. The van der Waals surface area contributed by atoms with Crippen LogP contribution >= 0.6 is 0 Å². The maximum Gasteiger partial charge on any atom is 3.00 e. The van der Waals surface area contributed by atoms with Gasteiger partial charge in [0.25, 0.3) is 5.69 Å². The Hall–Kier alpha value is -3.40. The molecule has 0 aliphatic heterocycles.